The Morgan fingerprint density at radius 1 is 0.690 bits per heavy atom. The Bertz CT molecular complexity index is 1290. The summed E-state index contributed by atoms with van der Waals surface area (Å²) in [6.45, 7) is 0. The minimum Gasteiger partial charge on any atom is -0.508 e. The predicted molar refractivity (Wildman–Crippen MR) is 105 cm³/mol. The zero-order valence-corrected chi connectivity index (χ0v) is 14.7. The van der Waals surface area contributed by atoms with Crippen LogP contribution in [-0.2, 0) is 0 Å². The van der Waals surface area contributed by atoms with Crippen molar-refractivity contribution < 1.29 is 15.0 Å². The van der Waals surface area contributed by atoms with Crippen molar-refractivity contribution in [2.45, 2.75) is 0 Å². The number of benzene rings is 3. The molecule has 0 atom stereocenters. The van der Waals surface area contributed by atoms with Gasteiger partial charge in [-0.15, -0.1) is 0 Å². The molecule has 1 N–H and O–H groups in total. The number of non-ortho nitro benzene ring substituents is 2. The topological polar surface area (TPSA) is 132 Å². The van der Waals surface area contributed by atoms with E-state index in [-0.39, 0.29) is 17.1 Å². The molecule has 0 fully saturated rings. The van der Waals surface area contributed by atoms with Gasteiger partial charge in [0.05, 0.1) is 32.3 Å². The van der Waals surface area contributed by atoms with E-state index in [1.807, 2.05) is 0 Å². The summed E-state index contributed by atoms with van der Waals surface area (Å²) in [4.78, 5) is 30.4. The van der Waals surface area contributed by atoms with E-state index in [1.165, 1.54) is 48.5 Å². The number of rotatable bonds is 4. The third-order valence-electron chi connectivity index (χ3n) is 4.31. The van der Waals surface area contributed by atoms with E-state index in [4.69, 9.17) is 0 Å². The molecule has 9 heteroatoms. The van der Waals surface area contributed by atoms with Crippen molar-refractivity contribution in [2.75, 3.05) is 0 Å². The standard InChI is InChI=1S/C20H12N4O5/c25-16-7-8-17-18(11-16)22-20(13-4-2-6-15(10-13)24(28)29)19(21-17)12-3-1-5-14(9-12)23(26)27/h1-11,25H. The van der Waals surface area contributed by atoms with Crippen LogP contribution in [0.25, 0.3) is 33.5 Å². The van der Waals surface area contributed by atoms with E-state index in [1.54, 1.807) is 18.2 Å². The minimum absolute atomic E-state index is 0.000101. The van der Waals surface area contributed by atoms with Crippen molar-refractivity contribution in [1.29, 1.82) is 0 Å². The maximum atomic E-state index is 11.2. The monoisotopic (exact) mass is 388 g/mol. The molecule has 9 nitrogen and oxygen atoms in total. The first-order valence-corrected chi connectivity index (χ1v) is 8.43. The van der Waals surface area contributed by atoms with Crippen LogP contribution in [0.2, 0.25) is 0 Å². The molecule has 3 aromatic carbocycles. The highest BCUT2D eigenvalue weighted by Crippen LogP contribution is 2.34. The maximum absolute atomic E-state index is 11.2. The van der Waals surface area contributed by atoms with E-state index in [2.05, 4.69) is 9.97 Å². The van der Waals surface area contributed by atoms with Gasteiger partial charge < -0.3 is 5.11 Å². The highest BCUT2D eigenvalue weighted by Gasteiger charge is 2.18. The Hall–Kier alpha value is -4.40. The normalized spacial score (nSPS) is 10.8. The smallest absolute Gasteiger partial charge is 0.270 e. The van der Waals surface area contributed by atoms with Crippen LogP contribution in [0.1, 0.15) is 0 Å². The quantitative estimate of drug-likeness (QED) is 0.402. The fourth-order valence-corrected chi connectivity index (χ4v) is 2.98. The molecule has 0 bridgehead atoms. The third kappa shape index (κ3) is 3.44. The van der Waals surface area contributed by atoms with Crippen LogP contribution in [0.5, 0.6) is 5.75 Å². The van der Waals surface area contributed by atoms with Crippen LogP contribution in [0.15, 0.2) is 66.7 Å². The Morgan fingerprint density at radius 2 is 1.21 bits per heavy atom. The Labute approximate surface area is 163 Å². The van der Waals surface area contributed by atoms with Crippen LogP contribution >= 0.6 is 0 Å². The molecule has 29 heavy (non-hydrogen) atoms. The molecule has 142 valence electrons. The molecule has 0 saturated carbocycles. The average molecular weight is 388 g/mol. The van der Waals surface area contributed by atoms with E-state index in [9.17, 15) is 25.3 Å². The van der Waals surface area contributed by atoms with E-state index in [0.717, 1.165) is 0 Å². The predicted octanol–water partition coefficient (Wildman–Crippen LogP) is 4.49. The molecule has 4 rings (SSSR count). The number of nitro groups is 2. The van der Waals surface area contributed by atoms with Crippen molar-refractivity contribution in [3.8, 4) is 28.3 Å². The van der Waals surface area contributed by atoms with Gasteiger partial charge in [0.2, 0.25) is 0 Å². The van der Waals surface area contributed by atoms with E-state index >= 15 is 0 Å². The summed E-state index contributed by atoms with van der Waals surface area (Å²) in [7, 11) is 0. The lowest BCUT2D eigenvalue weighted by Gasteiger charge is -2.11. The summed E-state index contributed by atoms with van der Waals surface area (Å²) in [6.07, 6.45) is 0. The number of fused-ring (bicyclic) bond motifs is 1. The largest absolute Gasteiger partial charge is 0.508 e. The number of hydrogen-bond acceptors (Lipinski definition) is 7. The first-order valence-electron chi connectivity index (χ1n) is 8.43. The van der Waals surface area contributed by atoms with Gasteiger partial charge >= 0.3 is 0 Å². The van der Waals surface area contributed by atoms with E-state index in [0.29, 0.717) is 33.5 Å². The zero-order valence-electron chi connectivity index (χ0n) is 14.7. The number of hydrogen-bond donors (Lipinski definition) is 1. The molecule has 1 heterocycles. The highest BCUT2D eigenvalue weighted by molar-refractivity contribution is 5.87. The number of aromatic nitrogens is 2. The molecule has 1 aromatic heterocycles. The summed E-state index contributed by atoms with van der Waals surface area (Å²) in [5.74, 6) is -0.000101. The molecular weight excluding hydrogens is 376 g/mol. The fourth-order valence-electron chi connectivity index (χ4n) is 2.98. The second-order valence-corrected chi connectivity index (χ2v) is 6.21. The summed E-state index contributed by atoms with van der Waals surface area (Å²) >= 11 is 0. The van der Waals surface area contributed by atoms with Crippen molar-refractivity contribution in [3.63, 3.8) is 0 Å². The second-order valence-electron chi connectivity index (χ2n) is 6.21. The summed E-state index contributed by atoms with van der Waals surface area (Å²) < 4.78 is 0. The van der Waals surface area contributed by atoms with Crippen LogP contribution < -0.4 is 0 Å². The van der Waals surface area contributed by atoms with Crippen LogP contribution in [0.4, 0.5) is 11.4 Å². The Balaban J connectivity index is 2.02. The van der Waals surface area contributed by atoms with Gasteiger partial charge in [-0.3, -0.25) is 20.2 Å². The van der Waals surface area contributed by atoms with Gasteiger partial charge in [-0.1, -0.05) is 24.3 Å². The molecule has 0 aliphatic carbocycles. The second kappa shape index (κ2) is 6.97. The first kappa shape index (κ1) is 18.0. The number of phenolic OH excluding ortho intramolecular Hbond substituents is 1. The number of phenols is 1. The SMILES string of the molecule is O=[N+]([O-])c1cccc(-c2nc3ccc(O)cc3nc2-c2cccc([N+](=O)[O-])c2)c1. The van der Waals surface area contributed by atoms with Crippen molar-refractivity contribution in [1.82, 2.24) is 9.97 Å². The van der Waals surface area contributed by atoms with Gasteiger partial charge in [-0.2, -0.15) is 0 Å². The molecule has 0 aliphatic rings. The number of nitro benzene ring substituents is 2. The zero-order chi connectivity index (χ0) is 20.5. The lowest BCUT2D eigenvalue weighted by molar-refractivity contribution is -0.385. The number of aromatic hydroxyl groups is 1. The third-order valence-corrected chi connectivity index (χ3v) is 4.31. The first-order chi connectivity index (χ1) is 13.9. The lowest BCUT2D eigenvalue weighted by atomic mass is 10.0. The Morgan fingerprint density at radius 3 is 1.72 bits per heavy atom. The summed E-state index contributed by atoms with van der Waals surface area (Å²) in [5, 5.41) is 32.1. The maximum Gasteiger partial charge on any atom is 0.270 e. The lowest BCUT2D eigenvalue weighted by Crippen LogP contribution is -1.97. The van der Waals surface area contributed by atoms with Gasteiger partial charge in [0.15, 0.2) is 0 Å². The molecule has 4 aromatic rings. The Kier molecular flexibility index (Phi) is 4.32. The molecule has 0 amide bonds. The van der Waals surface area contributed by atoms with Crippen LogP contribution in [-0.4, -0.2) is 24.9 Å². The van der Waals surface area contributed by atoms with Crippen molar-refractivity contribution >= 4 is 22.4 Å². The molecule has 0 saturated heterocycles. The van der Waals surface area contributed by atoms with Gasteiger partial charge in [-0.05, 0) is 12.1 Å². The van der Waals surface area contributed by atoms with Gasteiger partial charge in [0.25, 0.3) is 11.4 Å². The minimum atomic E-state index is -0.517. The molecule has 0 unspecified atom stereocenters. The molecular formula is C20H12N4O5. The van der Waals surface area contributed by atoms with Crippen molar-refractivity contribution in [2.24, 2.45) is 0 Å². The molecule has 0 radical (unpaired) electrons. The van der Waals surface area contributed by atoms with Gasteiger partial charge in [0, 0.05) is 41.5 Å². The van der Waals surface area contributed by atoms with Crippen LogP contribution in [0.3, 0.4) is 0 Å². The van der Waals surface area contributed by atoms with Crippen molar-refractivity contribution in [3.05, 3.63) is 87.0 Å². The average Bonchev–Trinajstić information content (AvgIpc) is 2.73. The van der Waals surface area contributed by atoms with Gasteiger partial charge in [0.1, 0.15) is 5.75 Å². The summed E-state index contributed by atoms with van der Waals surface area (Å²) in [5.41, 5.74) is 2.16. The van der Waals surface area contributed by atoms with Gasteiger partial charge in [-0.25, -0.2) is 9.97 Å². The molecule has 0 spiro atoms. The highest BCUT2D eigenvalue weighted by atomic mass is 16.6. The number of nitrogens with zero attached hydrogens (tertiary/aromatic N) is 4. The van der Waals surface area contributed by atoms with Crippen LogP contribution in [0, 0.1) is 20.2 Å². The molecule has 0 aliphatic heterocycles. The summed E-state index contributed by atoms with van der Waals surface area (Å²) in [6, 6.07) is 16.3. The fraction of sp³-hybridized carbons (Fsp3) is 0. The van der Waals surface area contributed by atoms with E-state index < -0.39 is 9.85 Å².